The topological polar surface area (TPSA) is 110 Å². The molecule has 0 saturated carbocycles. The van der Waals surface area contributed by atoms with Crippen LogP contribution in [0.15, 0.2) is 53.3 Å². The van der Waals surface area contributed by atoms with Gasteiger partial charge in [0.2, 0.25) is 5.95 Å². The van der Waals surface area contributed by atoms with Crippen LogP contribution in [-0.4, -0.2) is 27.7 Å². The van der Waals surface area contributed by atoms with Gasteiger partial charge in [-0.1, -0.05) is 48.2 Å². The van der Waals surface area contributed by atoms with E-state index in [4.69, 9.17) is 11.5 Å². The van der Waals surface area contributed by atoms with Gasteiger partial charge in [0.15, 0.2) is 0 Å². The maximum absolute atomic E-state index is 13.1. The number of fused-ring (bicyclic) bond motifs is 1. The zero-order chi connectivity index (χ0) is 23.9. The lowest BCUT2D eigenvalue weighted by Gasteiger charge is -2.42. The van der Waals surface area contributed by atoms with Crippen molar-refractivity contribution >= 4 is 11.8 Å². The highest BCUT2D eigenvalue weighted by Gasteiger charge is 2.46. The average molecular weight is 456 g/mol. The number of phenolic OH excluding ortho intramolecular Hbond substituents is 1. The number of hydrogen-bond acceptors (Lipinski definition) is 6. The molecule has 5 rings (SSSR count). The molecule has 7 heteroatoms. The van der Waals surface area contributed by atoms with Crippen LogP contribution < -0.4 is 21.9 Å². The van der Waals surface area contributed by atoms with Crippen molar-refractivity contribution in [3.8, 4) is 17.6 Å². The molecule has 3 aromatic rings. The minimum absolute atomic E-state index is 0.0388. The van der Waals surface area contributed by atoms with Gasteiger partial charge in [0.1, 0.15) is 17.1 Å². The van der Waals surface area contributed by atoms with Gasteiger partial charge in [-0.25, -0.2) is 0 Å². The van der Waals surface area contributed by atoms with Crippen molar-refractivity contribution in [1.29, 1.82) is 0 Å². The van der Waals surface area contributed by atoms with Gasteiger partial charge < -0.3 is 21.5 Å². The van der Waals surface area contributed by atoms with Crippen LogP contribution in [0.25, 0.3) is 0 Å². The molecule has 1 aliphatic carbocycles. The fraction of sp³-hybridized carbons (Fsp3) is 0.333. The van der Waals surface area contributed by atoms with Gasteiger partial charge in [-0.3, -0.25) is 9.36 Å². The second kappa shape index (κ2) is 8.54. The molecule has 1 atom stereocenters. The molecule has 2 aromatic carbocycles. The highest BCUT2D eigenvalue weighted by molar-refractivity contribution is 5.54. The average Bonchev–Trinajstić information content (AvgIpc) is 3.10. The fourth-order valence-corrected chi connectivity index (χ4v) is 5.37. The quantitative estimate of drug-likeness (QED) is 0.512. The first-order chi connectivity index (χ1) is 16.4. The Bertz CT molecular complexity index is 1360. The lowest BCUT2D eigenvalue weighted by molar-refractivity contribution is 0.186. The van der Waals surface area contributed by atoms with Crippen LogP contribution in [-0.2, 0) is 19.9 Å². The third-order valence-corrected chi connectivity index (χ3v) is 7.35. The summed E-state index contributed by atoms with van der Waals surface area (Å²) in [7, 11) is 1.71. The van der Waals surface area contributed by atoms with Crippen molar-refractivity contribution in [2.24, 2.45) is 18.2 Å². The third kappa shape index (κ3) is 3.80. The predicted molar refractivity (Wildman–Crippen MR) is 134 cm³/mol. The summed E-state index contributed by atoms with van der Waals surface area (Å²) in [5.41, 5.74) is 16.4. The van der Waals surface area contributed by atoms with Gasteiger partial charge in [-0.15, -0.1) is 0 Å². The van der Waals surface area contributed by atoms with Crippen LogP contribution >= 0.6 is 0 Å². The Morgan fingerprint density at radius 1 is 1.18 bits per heavy atom. The molecule has 2 heterocycles. The van der Waals surface area contributed by atoms with Crippen molar-refractivity contribution in [2.45, 2.75) is 31.7 Å². The third-order valence-electron chi connectivity index (χ3n) is 7.35. The molecule has 1 spiro atoms. The van der Waals surface area contributed by atoms with E-state index in [1.54, 1.807) is 25.2 Å². The zero-order valence-corrected chi connectivity index (χ0v) is 19.3. The summed E-state index contributed by atoms with van der Waals surface area (Å²) in [4.78, 5) is 19.7. The second-order valence-corrected chi connectivity index (χ2v) is 9.39. The molecule has 0 bridgehead atoms. The van der Waals surface area contributed by atoms with Crippen LogP contribution in [0, 0.1) is 17.3 Å². The molecule has 0 unspecified atom stereocenters. The minimum Gasteiger partial charge on any atom is -0.508 e. The Morgan fingerprint density at radius 2 is 1.94 bits per heavy atom. The number of nitrogens with zero attached hydrogens (tertiary/aromatic N) is 3. The Balaban J connectivity index is 1.33. The molecule has 1 saturated heterocycles. The standard InChI is InChI=1S/C27H29N5O2/c1-31-25(34)22(11-5-7-18-6-4-9-20(33)16-18)24(29)30-26(31)32-14-12-27(13-15-32)17-19-8-2-3-10-21(19)23(27)28/h2-4,6,8-10,16,23,33H,7,12-15,17,28-29H2,1H3/t23-/m1/s1. The van der Waals surface area contributed by atoms with Crippen molar-refractivity contribution in [2.75, 3.05) is 23.7 Å². The number of benzene rings is 2. The number of aromatic nitrogens is 2. The summed E-state index contributed by atoms with van der Waals surface area (Å²) < 4.78 is 1.54. The summed E-state index contributed by atoms with van der Waals surface area (Å²) >= 11 is 0. The van der Waals surface area contributed by atoms with Gasteiger partial charge >= 0.3 is 0 Å². The van der Waals surface area contributed by atoms with Crippen molar-refractivity contribution in [3.05, 3.63) is 81.1 Å². The molecular formula is C27H29N5O2. The van der Waals surface area contributed by atoms with E-state index in [2.05, 4.69) is 46.0 Å². The second-order valence-electron chi connectivity index (χ2n) is 9.39. The van der Waals surface area contributed by atoms with E-state index in [1.807, 2.05) is 6.07 Å². The Labute approximate surface area is 199 Å². The van der Waals surface area contributed by atoms with Gasteiger partial charge in [0, 0.05) is 32.6 Å². The Kier molecular flexibility index (Phi) is 5.54. The molecule has 174 valence electrons. The number of piperidine rings is 1. The SMILES string of the molecule is Cn1c(N2CCC3(CC2)Cc2ccccc2[C@H]3N)nc(N)c(C#CCc2cccc(O)c2)c1=O. The predicted octanol–water partition coefficient (Wildman–Crippen LogP) is 2.51. The van der Waals surface area contributed by atoms with Crippen molar-refractivity contribution in [3.63, 3.8) is 0 Å². The largest absolute Gasteiger partial charge is 0.508 e. The smallest absolute Gasteiger partial charge is 0.272 e. The van der Waals surface area contributed by atoms with E-state index >= 15 is 0 Å². The lowest BCUT2D eigenvalue weighted by Crippen LogP contribution is -2.46. The molecular weight excluding hydrogens is 426 g/mol. The summed E-state index contributed by atoms with van der Waals surface area (Å²) in [6.45, 7) is 1.54. The van der Waals surface area contributed by atoms with Crippen LogP contribution in [0.2, 0.25) is 0 Å². The van der Waals surface area contributed by atoms with E-state index in [-0.39, 0.29) is 34.1 Å². The highest BCUT2D eigenvalue weighted by Crippen LogP contribution is 2.50. The van der Waals surface area contributed by atoms with E-state index in [9.17, 15) is 9.90 Å². The van der Waals surface area contributed by atoms with Crippen LogP contribution in [0.1, 0.15) is 41.1 Å². The lowest BCUT2D eigenvalue weighted by atomic mass is 9.73. The number of anilines is 2. The molecule has 1 aromatic heterocycles. The van der Waals surface area contributed by atoms with Gasteiger partial charge in [0.05, 0.1) is 0 Å². The summed E-state index contributed by atoms with van der Waals surface area (Å²) in [6.07, 6.45) is 3.27. The van der Waals surface area contributed by atoms with Crippen molar-refractivity contribution < 1.29 is 5.11 Å². The maximum Gasteiger partial charge on any atom is 0.272 e. The van der Waals surface area contributed by atoms with Crippen LogP contribution in [0.4, 0.5) is 11.8 Å². The molecule has 34 heavy (non-hydrogen) atoms. The molecule has 2 aliphatic rings. The number of nitrogen functional groups attached to an aromatic ring is 1. The molecule has 1 aliphatic heterocycles. The van der Waals surface area contributed by atoms with E-state index in [0.29, 0.717) is 12.4 Å². The van der Waals surface area contributed by atoms with E-state index in [0.717, 1.165) is 37.9 Å². The first-order valence-electron chi connectivity index (χ1n) is 11.6. The number of hydrogen-bond donors (Lipinski definition) is 3. The number of nitrogens with two attached hydrogens (primary N) is 2. The van der Waals surface area contributed by atoms with Gasteiger partial charge in [-0.2, -0.15) is 4.98 Å². The van der Waals surface area contributed by atoms with E-state index < -0.39 is 0 Å². The first kappa shape index (κ1) is 22.1. The molecule has 7 nitrogen and oxygen atoms in total. The fourth-order valence-electron chi connectivity index (χ4n) is 5.37. The van der Waals surface area contributed by atoms with Gasteiger partial charge in [-0.05, 0) is 53.5 Å². The number of phenols is 1. The number of rotatable bonds is 2. The summed E-state index contributed by atoms with van der Waals surface area (Å²) in [5.74, 6) is 6.77. The van der Waals surface area contributed by atoms with Crippen LogP contribution in [0.5, 0.6) is 5.75 Å². The monoisotopic (exact) mass is 455 g/mol. The Hall–Kier alpha value is -3.76. The van der Waals surface area contributed by atoms with Crippen molar-refractivity contribution in [1.82, 2.24) is 9.55 Å². The summed E-state index contributed by atoms with van der Waals surface area (Å²) in [6, 6.07) is 15.4. The number of aromatic hydroxyl groups is 1. The first-order valence-corrected chi connectivity index (χ1v) is 11.6. The minimum atomic E-state index is -0.254. The van der Waals surface area contributed by atoms with Crippen LogP contribution in [0.3, 0.4) is 0 Å². The molecule has 1 fully saturated rings. The summed E-state index contributed by atoms with van der Waals surface area (Å²) in [5, 5.41) is 9.59. The van der Waals surface area contributed by atoms with Gasteiger partial charge in [0.25, 0.3) is 5.56 Å². The normalized spacial score (nSPS) is 18.4. The highest BCUT2D eigenvalue weighted by atomic mass is 16.3. The Morgan fingerprint density at radius 3 is 2.68 bits per heavy atom. The molecule has 5 N–H and O–H groups in total. The van der Waals surface area contributed by atoms with E-state index in [1.165, 1.54) is 15.7 Å². The zero-order valence-electron chi connectivity index (χ0n) is 19.3. The molecule has 0 radical (unpaired) electrons. The molecule has 0 amide bonds. The maximum atomic E-state index is 13.1.